The number of nitrogens with one attached hydrogen (secondary N) is 1. The number of anilines is 1. The largest absolute Gasteiger partial charge is 0.378 e. The first-order valence-electron chi connectivity index (χ1n) is 11.4. The number of aromatic nitrogens is 3. The van der Waals surface area contributed by atoms with E-state index in [4.69, 9.17) is 4.74 Å². The summed E-state index contributed by atoms with van der Waals surface area (Å²) in [5, 5.41) is 2.99. The van der Waals surface area contributed by atoms with Gasteiger partial charge in [0, 0.05) is 49.1 Å². The van der Waals surface area contributed by atoms with Gasteiger partial charge in [-0.3, -0.25) is 9.78 Å². The molecule has 2 aromatic heterocycles. The van der Waals surface area contributed by atoms with E-state index in [2.05, 4.69) is 49.4 Å². The molecule has 1 N–H and O–H groups in total. The molecule has 168 valence electrons. The minimum Gasteiger partial charge on any atom is -0.378 e. The van der Waals surface area contributed by atoms with Gasteiger partial charge < -0.3 is 15.0 Å². The highest BCUT2D eigenvalue weighted by molar-refractivity contribution is 5.91. The Morgan fingerprint density at radius 2 is 1.85 bits per heavy atom. The number of ether oxygens (including phenoxy) is 1. The van der Waals surface area contributed by atoms with Crippen LogP contribution in [0, 0.1) is 0 Å². The van der Waals surface area contributed by atoms with E-state index in [-0.39, 0.29) is 17.8 Å². The number of amides is 1. The lowest BCUT2D eigenvalue weighted by Crippen LogP contribution is -2.36. The van der Waals surface area contributed by atoms with Crippen LogP contribution in [0.5, 0.6) is 0 Å². The predicted octanol–water partition coefficient (Wildman–Crippen LogP) is 3.06. The molecule has 0 saturated carbocycles. The molecule has 1 aliphatic heterocycles. The van der Waals surface area contributed by atoms with Crippen LogP contribution in [-0.2, 0) is 17.6 Å². The zero-order valence-electron chi connectivity index (χ0n) is 18.7. The minimum atomic E-state index is -0.262. The molecule has 3 heterocycles. The smallest absolute Gasteiger partial charge is 0.289 e. The lowest BCUT2D eigenvalue weighted by atomic mass is 10.0. The number of carbonyl (C=O) groups is 1. The summed E-state index contributed by atoms with van der Waals surface area (Å²) in [7, 11) is 0. The molecule has 0 bridgehead atoms. The number of hydrogen-bond acceptors (Lipinski definition) is 6. The van der Waals surface area contributed by atoms with Crippen LogP contribution < -0.4 is 10.2 Å². The summed E-state index contributed by atoms with van der Waals surface area (Å²) in [4.78, 5) is 28.3. The van der Waals surface area contributed by atoms with Crippen LogP contribution in [0.1, 0.15) is 39.9 Å². The zero-order chi connectivity index (χ0) is 22.6. The summed E-state index contributed by atoms with van der Waals surface area (Å²) >= 11 is 0. The van der Waals surface area contributed by atoms with E-state index < -0.39 is 0 Å². The quantitative estimate of drug-likeness (QED) is 0.633. The van der Waals surface area contributed by atoms with Crippen molar-refractivity contribution in [1.82, 2.24) is 20.3 Å². The molecule has 1 atom stereocenters. The topological polar surface area (TPSA) is 80.2 Å². The summed E-state index contributed by atoms with van der Waals surface area (Å²) in [6.45, 7) is 5.20. The Balaban J connectivity index is 1.27. The Labute approximate surface area is 193 Å². The van der Waals surface area contributed by atoms with Gasteiger partial charge in [0.1, 0.15) is 0 Å². The van der Waals surface area contributed by atoms with Crippen LogP contribution in [-0.4, -0.2) is 53.2 Å². The number of nitrogens with zero attached hydrogens (tertiary/aromatic N) is 4. The zero-order valence-corrected chi connectivity index (χ0v) is 18.7. The van der Waals surface area contributed by atoms with Gasteiger partial charge in [0.05, 0.1) is 30.8 Å². The number of carbonyl (C=O) groups excluding carboxylic acids is 1. The first kappa shape index (κ1) is 21.3. The number of allylic oxidation sites excluding steroid dienone is 1. The van der Waals surface area contributed by atoms with Gasteiger partial charge in [-0.2, -0.15) is 0 Å². The van der Waals surface area contributed by atoms with Gasteiger partial charge in [-0.25, -0.2) is 9.97 Å². The third kappa shape index (κ3) is 4.78. The first-order chi connectivity index (χ1) is 16.2. The summed E-state index contributed by atoms with van der Waals surface area (Å²) in [6.07, 6.45) is 9.10. The summed E-state index contributed by atoms with van der Waals surface area (Å²) < 4.78 is 5.47. The molecule has 0 radical (unpaired) electrons. The Bertz CT molecular complexity index is 1160. The van der Waals surface area contributed by atoms with Gasteiger partial charge >= 0.3 is 0 Å². The van der Waals surface area contributed by atoms with Crippen molar-refractivity contribution >= 4 is 17.2 Å². The molecular weight excluding hydrogens is 414 g/mol. The highest BCUT2D eigenvalue weighted by Crippen LogP contribution is 2.33. The molecule has 1 fully saturated rings. The molecule has 1 aromatic carbocycles. The molecule has 1 aliphatic carbocycles. The second-order valence-corrected chi connectivity index (χ2v) is 8.47. The Kier molecular flexibility index (Phi) is 6.13. The molecule has 0 unspecified atom stereocenters. The van der Waals surface area contributed by atoms with Crippen molar-refractivity contribution in [3.05, 3.63) is 89.3 Å². The van der Waals surface area contributed by atoms with E-state index in [0.717, 1.165) is 67.2 Å². The number of rotatable bonds is 6. The molecule has 1 amide bonds. The van der Waals surface area contributed by atoms with E-state index in [1.54, 1.807) is 12.4 Å². The molecule has 3 aromatic rings. The van der Waals surface area contributed by atoms with Crippen molar-refractivity contribution in [2.75, 3.05) is 31.2 Å². The second-order valence-electron chi connectivity index (χ2n) is 8.47. The van der Waals surface area contributed by atoms with Gasteiger partial charge in [0.15, 0.2) is 0 Å². The SMILES string of the molecule is C[C@@H](Cc1ccccc1)NC(=O)c1ncc(C2=CCc3ncc(N4CCOCC4)cc32)cn1. The van der Waals surface area contributed by atoms with Gasteiger partial charge in [0.2, 0.25) is 5.82 Å². The maximum Gasteiger partial charge on any atom is 0.289 e. The van der Waals surface area contributed by atoms with Crippen molar-refractivity contribution in [1.29, 1.82) is 0 Å². The van der Waals surface area contributed by atoms with Crippen molar-refractivity contribution in [2.45, 2.75) is 25.8 Å². The lowest BCUT2D eigenvalue weighted by Gasteiger charge is -2.29. The minimum absolute atomic E-state index is 0.0164. The first-order valence-corrected chi connectivity index (χ1v) is 11.4. The van der Waals surface area contributed by atoms with Crippen LogP contribution in [0.3, 0.4) is 0 Å². The van der Waals surface area contributed by atoms with Crippen LogP contribution in [0.2, 0.25) is 0 Å². The molecule has 7 nitrogen and oxygen atoms in total. The normalized spacial score (nSPS) is 16.2. The monoisotopic (exact) mass is 441 g/mol. The van der Waals surface area contributed by atoms with E-state index in [9.17, 15) is 4.79 Å². The molecule has 7 heteroatoms. The van der Waals surface area contributed by atoms with Crippen LogP contribution in [0.15, 0.2) is 61.1 Å². The van der Waals surface area contributed by atoms with Gasteiger partial charge in [-0.15, -0.1) is 0 Å². The standard InChI is InChI=1S/C26H27N5O2/c1-18(13-19-5-3-2-4-6-19)30-26(32)25-28-15-20(16-29-25)22-7-8-24-23(22)14-21(17-27-24)31-9-11-33-12-10-31/h2-7,14-18H,8-13H2,1H3,(H,30,32)/t18-/m0/s1. The molecular formula is C26H27N5O2. The van der Waals surface area contributed by atoms with E-state index in [0.29, 0.717) is 0 Å². The van der Waals surface area contributed by atoms with Crippen molar-refractivity contribution < 1.29 is 9.53 Å². The average molecular weight is 442 g/mol. The molecule has 0 spiro atoms. The van der Waals surface area contributed by atoms with Crippen LogP contribution in [0.4, 0.5) is 5.69 Å². The fraction of sp³-hybridized carbons (Fsp3) is 0.308. The lowest BCUT2D eigenvalue weighted by molar-refractivity contribution is 0.0929. The Morgan fingerprint density at radius 1 is 1.09 bits per heavy atom. The fourth-order valence-electron chi connectivity index (χ4n) is 4.35. The summed E-state index contributed by atoms with van der Waals surface area (Å²) in [5.41, 5.74) is 6.41. The fourth-order valence-corrected chi connectivity index (χ4v) is 4.35. The number of hydrogen-bond donors (Lipinski definition) is 1. The Morgan fingerprint density at radius 3 is 2.61 bits per heavy atom. The average Bonchev–Trinajstić information content (AvgIpc) is 3.28. The molecule has 1 saturated heterocycles. The Hall–Kier alpha value is -3.58. The van der Waals surface area contributed by atoms with Gasteiger partial charge in [-0.05, 0) is 30.5 Å². The van der Waals surface area contributed by atoms with Crippen molar-refractivity contribution in [3.8, 4) is 0 Å². The predicted molar refractivity (Wildman–Crippen MR) is 127 cm³/mol. The van der Waals surface area contributed by atoms with Crippen LogP contribution >= 0.6 is 0 Å². The van der Waals surface area contributed by atoms with E-state index in [1.165, 1.54) is 5.56 Å². The third-order valence-electron chi connectivity index (χ3n) is 6.05. The number of benzene rings is 1. The molecule has 2 aliphatic rings. The maximum atomic E-state index is 12.6. The highest BCUT2D eigenvalue weighted by atomic mass is 16.5. The molecule has 5 rings (SSSR count). The van der Waals surface area contributed by atoms with E-state index in [1.807, 2.05) is 31.3 Å². The number of pyridine rings is 1. The molecule has 33 heavy (non-hydrogen) atoms. The van der Waals surface area contributed by atoms with Crippen LogP contribution in [0.25, 0.3) is 5.57 Å². The summed E-state index contributed by atoms with van der Waals surface area (Å²) in [6, 6.07) is 12.3. The highest BCUT2D eigenvalue weighted by Gasteiger charge is 2.21. The number of fused-ring (bicyclic) bond motifs is 1. The summed E-state index contributed by atoms with van der Waals surface area (Å²) in [5.74, 6) is -0.0836. The van der Waals surface area contributed by atoms with Crippen molar-refractivity contribution in [3.63, 3.8) is 0 Å². The van der Waals surface area contributed by atoms with Crippen molar-refractivity contribution in [2.24, 2.45) is 0 Å². The number of morpholine rings is 1. The maximum absolute atomic E-state index is 12.6. The van der Waals surface area contributed by atoms with E-state index >= 15 is 0 Å². The van der Waals surface area contributed by atoms with Gasteiger partial charge in [0.25, 0.3) is 5.91 Å². The van der Waals surface area contributed by atoms with Gasteiger partial charge in [-0.1, -0.05) is 36.4 Å². The second kappa shape index (κ2) is 9.50. The third-order valence-corrected chi connectivity index (χ3v) is 6.05.